The Hall–Kier alpha value is -1.27. The number of unbranched alkanes of at least 4 members (excludes halogenated alkanes) is 1. The molecule has 33 heavy (non-hydrogen) atoms. The number of nitrogens with one attached hydrogen (secondary N) is 1. The zero-order chi connectivity index (χ0) is 24.9. The van der Waals surface area contributed by atoms with Gasteiger partial charge >= 0.3 is 0 Å². The van der Waals surface area contributed by atoms with E-state index in [1.165, 1.54) is 23.3 Å². The SMILES string of the molecule is CCC(C)(C)c1ccc(OCCCCNS(=O)(=O)c2cc(Cl)ccc2Cl)c(C(C)(C)CC)c1. The summed E-state index contributed by atoms with van der Waals surface area (Å²) >= 11 is 11.9. The highest BCUT2D eigenvalue weighted by Gasteiger charge is 2.26. The van der Waals surface area contributed by atoms with Crippen molar-refractivity contribution in [3.63, 3.8) is 0 Å². The van der Waals surface area contributed by atoms with Gasteiger partial charge in [-0.15, -0.1) is 0 Å². The second kappa shape index (κ2) is 11.4. The van der Waals surface area contributed by atoms with Crippen LogP contribution in [0.2, 0.25) is 10.0 Å². The van der Waals surface area contributed by atoms with Crippen molar-refractivity contribution in [1.29, 1.82) is 0 Å². The molecule has 0 radical (unpaired) electrons. The summed E-state index contributed by atoms with van der Waals surface area (Å²) in [5, 5.41) is 0.475. The molecule has 0 aliphatic carbocycles. The summed E-state index contributed by atoms with van der Waals surface area (Å²) in [6.07, 6.45) is 3.44. The molecule has 0 aromatic heterocycles. The number of halogens is 2. The van der Waals surface area contributed by atoms with Gasteiger partial charge in [-0.2, -0.15) is 0 Å². The molecule has 0 atom stereocenters. The van der Waals surface area contributed by atoms with Crippen LogP contribution in [0.1, 0.15) is 78.4 Å². The van der Waals surface area contributed by atoms with Gasteiger partial charge in [-0.3, -0.25) is 0 Å². The molecule has 0 aliphatic heterocycles. The fraction of sp³-hybridized carbons (Fsp3) is 0.538. The molecule has 0 spiro atoms. The van der Waals surface area contributed by atoms with Gasteiger partial charge in [0.05, 0.1) is 11.6 Å². The summed E-state index contributed by atoms with van der Waals surface area (Å²) in [7, 11) is -3.71. The second-order valence-electron chi connectivity index (χ2n) is 9.71. The van der Waals surface area contributed by atoms with Crippen LogP contribution < -0.4 is 9.46 Å². The molecule has 0 amide bonds. The molecule has 0 unspecified atom stereocenters. The predicted molar refractivity (Wildman–Crippen MR) is 139 cm³/mol. The molecule has 2 aromatic rings. The van der Waals surface area contributed by atoms with Gasteiger partial charge in [0.2, 0.25) is 10.0 Å². The minimum atomic E-state index is -3.71. The van der Waals surface area contributed by atoms with Crippen molar-refractivity contribution >= 4 is 33.2 Å². The van der Waals surface area contributed by atoms with Gasteiger partial charge in [-0.1, -0.05) is 76.9 Å². The van der Waals surface area contributed by atoms with Crippen molar-refractivity contribution in [2.75, 3.05) is 13.2 Å². The summed E-state index contributed by atoms with van der Waals surface area (Å²) in [5.74, 6) is 0.906. The summed E-state index contributed by atoms with van der Waals surface area (Å²) in [5.41, 5.74) is 2.66. The average Bonchev–Trinajstić information content (AvgIpc) is 2.77. The Balaban J connectivity index is 1.98. The standard InChI is InChI=1S/C26H37Cl2NO3S/c1-7-25(3,4)19-11-14-23(21(17-19)26(5,6)8-2)32-16-10-9-15-29-33(30,31)24-18-20(27)12-13-22(24)28/h11-14,17-18,29H,7-10,15-16H2,1-6H3. The molecular formula is C26H37Cl2NO3S. The van der Waals surface area contributed by atoms with Crippen LogP contribution in [0.5, 0.6) is 5.75 Å². The van der Waals surface area contributed by atoms with E-state index in [1.807, 2.05) is 0 Å². The number of rotatable bonds is 12. The van der Waals surface area contributed by atoms with Crippen molar-refractivity contribution in [3.05, 3.63) is 57.6 Å². The van der Waals surface area contributed by atoms with Crippen LogP contribution in [0.3, 0.4) is 0 Å². The Morgan fingerprint density at radius 3 is 2.21 bits per heavy atom. The summed E-state index contributed by atoms with van der Waals surface area (Å²) in [6.45, 7) is 14.2. The van der Waals surface area contributed by atoms with Gasteiger partial charge in [0.1, 0.15) is 10.6 Å². The molecule has 2 rings (SSSR count). The van der Waals surface area contributed by atoms with Gasteiger partial charge in [-0.05, 0) is 66.3 Å². The average molecular weight is 515 g/mol. The third-order valence-corrected chi connectivity index (χ3v) is 8.74. The van der Waals surface area contributed by atoms with Gasteiger partial charge in [0.15, 0.2) is 0 Å². The third-order valence-electron chi connectivity index (χ3n) is 6.56. The fourth-order valence-electron chi connectivity index (χ4n) is 3.38. The van der Waals surface area contributed by atoms with E-state index in [9.17, 15) is 8.42 Å². The van der Waals surface area contributed by atoms with Crippen molar-refractivity contribution in [1.82, 2.24) is 4.72 Å². The maximum Gasteiger partial charge on any atom is 0.242 e. The Kier molecular flexibility index (Phi) is 9.70. The van der Waals surface area contributed by atoms with Gasteiger partial charge < -0.3 is 4.74 Å². The van der Waals surface area contributed by atoms with Crippen LogP contribution in [0.25, 0.3) is 0 Å². The lowest BCUT2D eigenvalue weighted by Crippen LogP contribution is -2.25. The van der Waals surface area contributed by atoms with Crippen molar-refractivity contribution in [3.8, 4) is 5.75 Å². The van der Waals surface area contributed by atoms with Crippen LogP contribution in [0, 0.1) is 0 Å². The molecule has 0 aliphatic rings. The van der Waals surface area contributed by atoms with Crippen molar-refractivity contribution < 1.29 is 13.2 Å². The Bertz CT molecular complexity index is 1050. The molecule has 1 N–H and O–H groups in total. The van der Waals surface area contributed by atoms with E-state index in [2.05, 4.69) is 64.5 Å². The lowest BCUT2D eigenvalue weighted by atomic mass is 9.76. The highest BCUT2D eigenvalue weighted by atomic mass is 35.5. The van der Waals surface area contributed by atoms with Crippen LogP contribution in [0.15, 0.2) is 41.3 Å². The normalized spacial score (nSPS) is 12.7. The van der Waals surface area contributed by atoms with Gasteiger partial charge in [0.25, 0.3) is 0 Å². The molecule has 7 heteroatoms. The summed E-state index contributed by atoms with van der Waals surface area (Å²) in [4.78, 5) is -0.00514. The highest BCUT2D eigenvalue weighted by molar-refractivity contribution is 7.89. The number of hydrogen-bond donors (Lipinski definition) is 1. The fourth-order valence-corrected chi connectivity index (χ4v) is 5.21. The van der Waals surface area contributed by atoms with Crippen LogP contribution >= 0.6 is 23.2 Å². The van der Waals surface area contributed by atoms with E-state index in [-0.39, 0.29) is 20.7 Å². The van der Waals surface area contributed by atoms with Crippen molar-refractivity contribution in [2.45, 2.75) is 83.0 Å². The maximum absolute atomic E-state index is 12.5. The quantitative estimate of drug-likeness (QED) is 0.298. The molecule has 0 saturated heterocycles. The lowest BCUT2D eigenvalue weighted by molar-refractivity contribution is 0.296. The Morgan fingerprint density at radius 2 is 1.58 bits per heavy atom. The van der Waals surface area contributed by atoms with E-state index in [0.29, 0.717) is 24.6 Å². The zero-order valence-corrected chi connectivity index (χ0v) is 22.9. The summed E-state index contributed by atoms with van der Waals surface area (Å²) in [6, 6.07) is 10.9. The topological polar surface area (TPSA) is 55.4 Å². The molecule has 0 fully saturated rings. The minimum absolute atomic E-state index is 0.00102. The third kappa shape index (κ3) is 7.35. The van der Waals surface area contributed by atoms with Gasteiger partial charge in [-0.25, -0.2) is 13.1 Å². The van der Waals surface area contributed by atoms with Crippen LogP contribution in [-0.4, -0.2) is 21.6 Å². The number of benzene rings is 2. The molecule has 0 heterocycles. The molecule has 2 aromatic carbocycles. The molecule has 4 nitrogen and oxygen atoms in total. The largest absolute Gasteiger partial charge is 0.493 e. The predicted octanol–water partition coefficient (Wildman–Crippen LogP) is 7.51. The first-order valence-corrected chi connectivity index (χ1v) is 13.8. The van der Waals surface area contributed by atoms with Crippen LogP contribution in [0.4, 0.5) is 0 Å². The van der Waals surface area contributed by atoms with Crippen molar-refractivity contribution in [2.24, 2.45) is 0 Å². The first-order chi connectivity index (χ1) is 15.3. The number of sulfonamides is 1. The Labute approximate surface area is 210 Å². The van der Waals surface area contributed by atoms with Crippen LogP contribution in [-0.2, 0) is 20.9 Å². The van der Waals surface area contributed by atoms with E-state index >= 15 is 0 Å². The van der Waals surface area contributed by atoms with E-state index in [1.54, 1.807) is 6.07 Å². The number of ether oxygens (including phenoxy) is 1. The van der Waals surface area contributed by atoms with E-state index in [4.69, 9.17) is 27.9 Å². The molecule has 184 valence electrons. The Morgan fingerprint density at radius 1 is 0.909 bits per heavy atom. The number of hydrogen-bond acceptors (Lipinski definition) is 3. The first-order valence-electron chi connectivity index (χ1n) is 11.6. The minimum Gasteiger partial charge on any atom is -0.493 e. The smallest absolute Gasteiger partial charge is 0.242 e. The van der Waals surface area contributed by atoms with E-state index < -0.39 is 10.0 Å². The van der Waals surface area contributed by atoms with Gasteiger partial charge in [0, 0.05) is 17.1 Å². The summed E-state index contributed by atoms with van der Waals surface area (Å²) < 4.78 is 33.8. The monoisotopic (exact) mass is 513 g/mol. The lowest BCUT2D eigenvalue weighted by Gasteiger charge is -2.30. The zero-order valence-electron chi connectivity index (χ0n) is 20.6. The molecule has 0 saturated carbocycles. The first kappa shape index (κ1) is 28.0. The van der Waals surface area contributed by atoms with E-state index in [0.717, 1.165) is 25.0 Å². The molecular weight excluding hydrogens is 477 g/mol. The molecule has 0 bridgehead atoms. The highest BCUT2D eigenvalue weighted by Crippen LogP contribution is 2.38. The maximum atomic E-state index is 12.5. The second-order valence-corrected chi connectivity index (χ2v) is 12.3.